The zero-order valence-corrected chi connectivity index (χ0v) is 14.0. The molecule has 0 bridgehead atoms. The van der Waals surface area contributed by atoms with Gasteiger partial charge in [0.1, 0.15) is 16.8 Å². The largest absolute Gasteiger partial charge is 0.440 e. The number of hydrogen-bond acceptors (Lipinski definition) is 11. The molecule has 1 atom stereocenters. The molecule has 1 aliphatic heterocycles. The summed E-state index contributed by atoms with van der Waals surface area (Å²) < 4.78 is 30.4. The van der Waals surface area contributed by atoms with E-state index in [9.17, 15) is 23.3 Å². The Morgan fingerprint density at radius 2 is 2.04 bits per heavy atom. The minimum absolute atomic E-state index is 0.00648. The Bertz CT molecular complexity index is 911. The first kappa shape index (κ1) is 19.1. The van der Waals surface area contributed by atoms with Crippen LogP contribution in [0.15, 0.2) is 28.4 Å². The van der Waals surface area contributed by atoms with Crippen molar-refractivity contribution in [2.45, 2.75) is 11.7 Å². The molecule has 2 rings (SSSR count). The standard InChI is InChI=1S/C12H15N7O6S/c13-16-8-4-10(12(20)18-15)26(23,24)5-11(17-14)25-9-2-1-6(19(21)22)3-7(8)9/h1-3,10H,4-5,13-15H2,(H,18,20)/b16-8+,17-11-. The van der Waals surface area contributed by atoms with Crippen LogP contribution in [0.4, 0.5) is 5.69 Å². The Kier molecular flexibility index (Phi) is 5.37. The summed E-state index contributed by atoms with van der Waals surface area (Å²) >= 11 is 0. The number of nitro benzene ring substituents is 1. The van der Waals surface area contributed by atoms with Crippen LogP contribution in [0, 0.1) is 10.1 Å². The third-order valence-electron chi connectivity index (χ3n) is 3.58. The molecule has 0 spiro atoms. The molecular formula is C12H15N7O6S. The molecular weight excluding hydrogens is 370 g/mol. The van der Waals surface area contributed by atoms with Crippen LogP contribution in [0.1, 0.15) is 12.0 Å². The summed E-state index contributed by atoms with van der Waals surface area (Å²) in [6.45, 7) is 0. The van der Waals surface area contributed by atoms with Gasteiger partial charge < -0.3 is 16.4 Å². The number of ether oxygens (including phenoxy) is 1. The molecule has 1 unspecified atom stereocenters. The van der Waals surface area contributed by atoms with Crippen LogP contribution in [0.3, 0.4) is 0 Å². The molecule has 1 amide bonds. The van der Waals surface area contributed by atoms with Crippen LogP contribution < -0.4 is 27.7 Å². The third kappa shape index (κ3) is 3.70. The highest BCUT2D eigenvalue weighted by Crippen LogP contribution is 2.29. The van der Waals surface area contributed by atoms with E-state index in [1.807, 2.05) is 0 Å². The summed E-state index contributed by atoms with van der Waals surface area (Å²) in [5.74, 6) is 13.3. The van der Waals surface area contributed by atoms with Gasteiger partial charge in [-0.25, -0.2) is 14.3 Å². The van der Waals surface area contributed by atoms with Crippen LogP contribution in [-0.2, 0) is 14.6 Å². The lowest BCUT2D eigenvalue weighted by atomic mass is 10.0. The van der Waals surface area contributed by atoms with Gasteiger partial charge in [0, 0.05) is 24.1 Å². The lowest BCUT2D eigenvalue weighted by molar-refractivity contribution is -0.384. The van der Waals surface area contributed by atoms with E-state index in [1.165, 1.54) is 6.07 Å². The molecule has 7 N–H and O–H groups in total. The molecule has 13 nitrogen and oxygen atoms in total. The summed E-state index contributed by atoms with van der Waals surface area (Å²) in [4.78, 5) is 22.3. The van der Waals surface area contributed by atoms with Crippen molar-refractivity contribution >= 4 is 33.0 Å². The minimum atomic E-state index is -4.16. The predicted molar refractivity (Wildman–Crippen MR) is 90.6 cm³/mol. The number of hydrogen-bond donors (Lipinski definition) is 4. The SMILES string of the molecule is N/N=C1/CS(=O)(=O)C(C(=O)NN)C/C(=N\N)c2cc([N+](=O)[O-])ccc2O1. The summed E-state index contributed by atoms with van der Waals surface area (Å²) in [5, 5.41) is 16.1. The highest BCUT2D eigenvalue weighted by atomic mass is 32.2. The fraction of sp³-hybridized carbons (Fsp3) is 0.250. The van der Waals surface area contributed by atoms with Crippen molar-refractivity contribution in [2.24, 2.45) is 27.7 Å². The van der Waals surface area contributed by atoms with Gasteiger partial charge in [-0.2, -0.15) is 5.10 Å². The lowest BCUT2D eigenvalue weighted by Gasteiger charge is -2.15. The van der Waals surface area contributed by atoms with E-state index in [0.717, 1.165) is 12.1 Å². The van der Waals surface area contributed by atoms with E-state index in [2.05, 4.69) is 10.2 Å². The zero-order chi connectivity index (χ0) is 19.5. The van der Waals surface area contributed by atoms with E-state index in [1.54, 1.807) is 5.43 Å². The molecule has 0 saturated carbocycles. The van der Waals surface area contributed by atoms with E-state index < -0.39 is 44.0 Å². The number of nitrogens with two attached hydrogens (primary N) is 3. The highest BCUT2D eigenvalue weighted by molar-refractivity contribution is 7.93. The topological polar surface area (TPSA) is 218 Å². The second kappa shape index (κ2) is 7.32. The number of sulfone groups is 1. The van der Waals surface area contributed by atoms with Gasteiger partial charge in [0.2, 0.25) is 5.90 Å². The highest BCUT2D eigenvalue weighted by Gasteiger charge is 2.37. The molecule has 0 radical (unpaired) electrons. The van der Waals surface area contributed by atoms with Crippen LogP contribution in [0.5, 0.6) is 5.75 Å². The van der Waals surface area contributed by atoms with E-state index in [4.69, 9.17) is 22.3 Å². The lowest BCUT2D eigenvalue weighted by Crippen LogP contribution is -2.46. The van der Waals surface area contributed by atoms with Gasteiger partial charge in [-0.15, -0.1) is 5.10 Å². The van der Waals surface area contributed by atoms with Crippen molar-refractivity contribution in [2.75, 3.05) is 5.75 Å². The van der Waals surface area contributed by atoms with Crippen LogP contribution >= 0.6 is 0 Å². The fourth-order valence-electron chi connectivity index (χ4n) is 2.32. The summed E-state index contributed by atoms with van der Waals surface area (Å²) in [5.41, 5.74) is 1.35. The number of nitrogens with zero attached hydrogens (tertiary/aromatic N) is 3. The summed E-state index contributed by atoms with van der Waals surface area (Å²) in [7, 11) is -4.16. The summed E-state index contributed by atoms with van der Waals surface area (Å²) in [6.07, 6.45) is -0.489. The van der Waals surface area contributed by atoms with Crippen LogP contribution in [-0.4, -0.2) is 41.9 Å². The Morgan fingerprint density at radius 1 is 1.35 bits per heavy atom. The number of rotatable bonds is 2. The molecule has 1 aromatic rings. The van der Waals surface area contributed by atoms with Gasteiger partial charge in [0.15, 0.2) is 9.84 Å². The second-order valence-electron chi connectivity index (χ2n) is 5.15. The molecule has 1 heterocycles. The van der Waals surface area contributed by atoms with Gasteiger partial charge in [0.25, 0.3) is 11.6 Å². The molecule has 0 fully saturated rings. The van der Waals surface area contributed by atoms with Crippen molar-refractivity contribution in [1.29, 1.82) is 0 Å². The van der Waals surface area contributed by atoms with Crippen molar-refractivity contribution in [3.63, 3.8) is 0 Å². The van der Waals surface area contributed by atoms with Crippen molar-refractivity contribution < 1.29 is 22.9 Å². The predicted octanol–water partition coefficient (Wildman–Crippen LogP) is -1.91. The Balaban J connectivity index is 2.71. The van der Waals surface area contributed by atoms with Gasteiger partial charge in [0.05, 0.1) is 10.6 Å². The van der Waals surface area contributed by atoms with Crippen molar-refractivity contribution in [3.05, 3.63) is 33.9 Å². The minimum Gasteiger partial charge on any atom is -0.440 e. The molecule has 0 aliphatic carbocycles. The van der Waals surface area contributed by atoms with E-state index in [-0.39, 0.29) is 22.7 Å². The van der Waals surface area contributed by atoms with Crippen molar-refractivity contribution in [3.8, 4) is 5.75 Å². The molecule has 1 aliphatic rings. The molecule has 14 heteroatoms. The average molecular weight is 385 g/mol. The number of carbonyl (C=O) groups is 1. The van der Waals surface area contributed by atoms with Gasteiger partial charge in [-0.05, 0) is 6.07 Å². The normalized spacial score (nSPS) is 22.4. The van der Waals surface area contributed by atoms with Crippen LogP contribution in [0.25, 0.3) is 0 Å². The van der Waals surface area contributed by atoms with E-state index in [0.29, 0.717) is 0 Å². The number of benzene rings is 1. The van der Waals surface area contributed by atoms with Crippen molar-refractivity contribution in [1.82, 2.24) is 5.43 Å². The number of non-ortho nitro benzene ring substituents is 1. The smallest absolute Gasteiger partial charge is 0.270 e. The monoisotopic (exact) mass is 385 g/mol. The maximum atomic E-state index is 12.5. The maximum absolute atomic E-state index is 12.5. The summed E-state index contributed by atoms with van der Waals surface area (Å²) in [6, 6.07) is 3.45. The number of hydrazine groups is 1. The number of nitro groups is 1. The zero-order valence-electron chi connectivity index (χ0n) is 13.2. The first-order valence-electron chi connectivity index (χ1n) is 6.95. The Hall–Kier alpha value is -3.26. The van der Waals surface area contributed by atoms with E-state index >= 15 is 0 Å². The molecule has 1 aromatic carbocycles. The van der Waals surface area contributed by atoms with Crippen LogP contribution in [0.2, 0.25) is 0 Å². The quantitative estimate of drug-likeness (QED) is 0.193. The fourth-order valence-corrected chi connectivity index (χ4v) is 3.81. The Labute approximate surface area is 146 Å². The number of nitrogens with one attached hydrogen (secondary N) is 1. The number of fused-ring (bicyclic) bond motifs is 1. The van der Waals surface area contributed by atoms with Gasteiger partial charge in [-0.1, -0.05) is 0 Å². The molecule has 0 aromatic heterocycles. The Morgan fingerprint density at radius 3 is 2.58 bits per heavy atom. The second-order valence-corrected chi connectivity index (χ2v) is 7.33. The van der Waals surface area contributed by atoms with Gasteiger partial charge in [-0.3, -0.25) is 20.3 Å². The first-order chi connectivity index (χ1) is 12.2. The van der Waals surface area contributed by atoms with Gasteiger partial charge >= 0.3 is 0 Å². The molecule has 0 saturated heterocycles. The number of hydrazone groups is 2. The molecule has 26 heavy (non-hydrogen) atoms. The average Bonchev–Trinajstić information content (AvgIpc) is 2.65. The molecule has 140 valence electrons. The number of carbonyl (C=O) groups excluding carboxylic acids is 1. The maximum Gasteiger partial charge on any atom is 0.270 e. The first-order valence-corrected chi connectivity index (χ1v) is 8.67. The third-order valence-corrected chi connectivity index (χ3v) is 5.48. The number of amides is 1.